The highest BCUT2D eigenvalue weighted by atomic mass is 32.1. The third kappa shape index (κ3) is 5.47. The van der Waals surface area contributed by atoms with E-state index in [-0.39, 0.29) is 17.9 Å². The van der Waals surface area contributed by atoms with Crippen LogP contribution in [0, 0.1) is 5.92 Å². The third-order valence-electron chi connectivity index (χ3n) is 3.18. The Morgan fingerprint density at radius 3 is 2.17 bits per heavy atom. The molecule has 0 fully saturated rings. The van der Waals surface area contributed by atoms with Crippen molar-refractivity contribution < 1.29 is 19.1 Å². The maximum Gasteiger partial charge on any atom is 0.408 e. The first-order valence-corrected chi connectivity index (χ1v) is 8.86. The average Bonchev–Trinajstić information content (AvgIpc) is 2.86. The summed E-state index contributed by atoms with van der Waals surface area (Å²) in [7, 11) is 1.34. The molecule has 0 aliphatic carbocycles. The second-order valence-corrected chi connectivity index (χ2v) is 8.34. The second kappa shape index (κ2) is 7.96. The van der Waals surface area contributed by atoms with Crippen LogP contribution in [0.3, 0.4) is 0 Å². The van der Waals surface area contributed by atoms with E-state index in [1.165, 1.54) is 18.4 Å². The number of ether oxygens (including phenoxy) is 2. The molecule has 0 saturated carbocycles. The molecule has 0 aliphatic heterocycles. The molecular weight excluding hydrogens is 328 g/mol. The van der Waals surface area contributed by atoms with E-state index in [0.717, 1.165) is 4.88 Å². The van der Waals surface area contributed by atoms with Crippen LogP contribution in [0.25, 0.3) is 0 Å². The van der Waals surface area contributed by atoms with Gasteiger partial charge in [0.1, 0.15) is 10.6 Å². The van der Waals surface area contributed by atoms with Crippen LogP contribution >= 0.6 is 11.3 Å². The van der Waals surface area contributed by atoms with Crippen molar-refractivity contribution in [1.82, 2.24) is 10.3 Å². The number of esters is 1. The Bertz CT molecular complexity index is 588. The van der Waals surface area contributed by atoms with E-state index < -0.39 is 17.7 Å². The summed E-state index contributed by atoms with van der Waals surface area (Å²) in [5.74, 6) is -0.227. The minimum absolute atomic E-state index is 0.0918. The molecule has 0 aliphatic rings. The monoisotopic (exact) mass is 356 g/mol. The minimum Gasteiger partial charge on any atom is -0.464 e. The Hall–Kier alpha value is -1.63. The second-order valence-electron chi connectivity index (χ2n) is 7.28. The number of methoxy groups -OCH3 is 1. The van der Waals surface area contributed by atoms with E-state index in [1.807, 2.05) is 48.5 Å². The summed E-state index contributed by atoms with van der Waals surface area (Å²) >= 11 is 1.43. The lowest BCUT2D eigenvalue weighted by Gasteiger charge is -2.24. The number of nitrogens with one attached hydrogen (secondary N) is 1. The van der Waals surface area contributed by atoms with Crippen LogP contribution in [-0.4, -0.2) is 29.8 Å². The number of carbonyl (C=O) groups excluding carboxylic acids is 2. The summed E-state index contributed by atoms with van der Waals surface area (Å²) in [6, 6.07) is -0.333. The van der Waals surface area contributed by atoms with E-state index in [9.17, 15) is 9.59 Å². The van der Waals surface area contributed by atoms with E-state index in [1.54, 1.807) is 0 Å². The molecule has 1 N–H and O–H groups in total. The first-order valence-electron chi connectivity index (χ1n) is 8.04. The van der Waals surface area contributed by atoms with Crippen LogP contribution in [0.5, 0.6) is 0 Å². The molecule has 0 radical (unpaired) electrons. The quantitative estimate of drug-likeness (QED) is 0.797. The van der Waals surface area contributed by atoms with Crippen molar-refractivity contribution in [3.8, 4) is 0 Å². The lowest BCUT2D eigenvalue weighted by atomic mass is 10.1. The van der Waals surface area contributed by atoms with E-state index in [0.29, 0.717) is 10.7 Å². The number of amides is 1. The summed E-state index contributed by atoms with van der Waals surface area (Å²) in [5.41, 5.74) is -0.251. The van der Waals surface area contributed by atoms with E-state index in [4.69, 9.17) is 9.47 Å². The summed E-state index contributed by atoms with van der Waals surface area (Å²) in [4.78, 5) is 29.4. The molecule has 6 nitrogen and oxygen atoms in total. The average molecular weight is 356 g/mol. The van der Waals surface area contributed by atoms with Crippen LogP contribution in [-0.2, 0) is 9.47 Å². The van der Waals surface area contributed by atoms with Crippen molar-refractivity contribution in [2.45, 2.75) is 66.0 Å². The van der Waals surface area contributed by atoms with Crippen molar-refractivity contribution in [2.75, 3.05) is 7.11 Å². The molecule has 0 saturated heterocycles. The van der Waals surface area contributed by atoms with Crippen molar-refractivity contribution in [1.29, 1.82) is 0 Å². The zero-order valence-corrected chi connectivity index (χ0v) is 16.5. The molecular formula is C17H28N2O4S. The molecule has 0 unspecified atom stereocenters. The Morgan fingerprint density at radius 2 is 1.75 bits per heavy atom. The summed E-state index contributed by atoms with van der Waals surface area (Å²) in [6.07, 6.45) is -0.498. The van der Waals surface area contributed by atoms with Crippen molar-refractivity contribution in [3.05, 3.63) is 15.6 Å². The highest BCUT2D eigenvalue weighted by Gasteiger charge is 2.29. The molecule has 1 heterocycles. The zero-order valence-electron chi connectivity index (χ0n) is 15.7. The van der Waals surface area contributed by atoms with Crippen LogP contribution in [0.15, 0.2) is 0 Å². The third-order valence-corrected chi connectivity index (χ3v) is 4.62. The van der Waals surface area contributed by atoms with Crippen LogP contribution in [0.4, 0.5) is 4.79 Å². The van der Waals surface area contributed by atoms with Gasteiger partial charge in [0, 0.05) is 4.88 Å². The predicted octanol–water partition coefficient (Wildman–Crippen LogP) is 4.27. The van der Waals surface area contributed by atoms with Gasteiger partial charge in [-0.3, -0.25) is 0 Å². The number of carbonyl (C=O) groups is 2. The van der Waals surface area contributed by atoms with Crippen LogP contribution < -0.4 is 5.32 Å². The fraction of sp³-hybridized carbons (Fsp3) is 0.706. The number of alkyl carbamates (subject to hydrolysis) is 1. The van der Waals surface area contributed by atoms with Gasteiger partial charge in [0.05, 0.1) is 13.2 Å². The van der Waals surface area contributed by atoms with Gasteiger partial charge < -0.3 is 14.8 Å². The fourth-order valence-electron chi connectivity index (χ4n) is 2.06. The zero-order chi connectivity index (χ0) is 18.7. The fourth-order valence-corrected chi connectivity index (χ4v) is 3.35. The van der Waals surface area contributed by atoms with Gasteiger partial charge in [0.15, 0.2) is 5.69 Å². The standard InChI is InChI=1S/C17H28N2O4S/c1-9(2)11(19-16(21)23-17(5,6)7)14-18-12(15(20)22-8)13(24-14)10(3)4/h9-11H,1-8H3,(H,19,21)/t11-/m0/s1. The first kappa shape index (κ1) is 20.4. The van der Waals surface area contributed by atoms with Crippen molar-refractivity contribution in [2.24, 2.45) is 5.92 Å². The minimum atomic E-state index is -0.575. The maximum atomic E-state index is 12.1. The summed E-state index contributed by atoms with van der Waals surface area (Å²) < 4.78 is 10.1. The molecule has 0 bridgehead atoms. The van der Waals surface area contributed by atoms with Crippen LogP contribution in [0.2, 0.25) is 0 Å². The Balaban J connectivity index is 3.13. The van der Waals surface area contributed by atoms with Crippen LogP contribution in [0.1, 0.15) is 80.8 Å². The highest BCUT2D eigenvalue weighted by Crippen LogP contribution is 2.33. The molecule has 1 aromatic rings. The highest BCUT2D eigenvalue weighted by molar-refractivity contribution is 7.12. The van der Waals surface area contributed by atoms with Gasteiger partial charge >= 0.3 is 12.1 Å². The molecule has 1 aromatic heterocycles. The van der Waals surface area contributed by atoms with Gasteiger partial charge in [0.25, 0.3) is 0 Å². The van der Waals surface area contributed by atoms with Gasteiger partial charge in [-0.1, -0.05) is 27.7 Å². The maximum absolute atomic E-state index is 12.1. The number of thiazole rings is 1. The Kier molecular flexibility index (Phi) is 6.77. The van der Waals surface area contributed by atoms with Gasteiger partial charge in [-0.2, -0.15) is 0 Å². The van der Waals surface area contributed by atoms with Gasteiger partial charge in [-0.05, 0) is 32.6 Å². The molecule has 1 amide bonds. The normalized spacial score (nSPS) is 13.1. The Labute approximate surface area is 148 Å². The predicted molar refractivity (Wildman–Crippen MR) is 94.5 cm³/mol. The topological polar surface area (TPSA) is 77.5 Å². The number of hydrogen-bond acceptors (Lipinski definition) is 6. The van der Waals surface area contributed by atoms with E-state index >= 15 is 0 Å². The lowest BCUT2D eigenvalue weighted by molar-refractivity contribution is 0.0489. The summed E-state index contributed by atoms with van der Waals surface area (Å²) in [5, 5.41) is 3.54. The van der Waals surface area contributed by atoms with Gasteiger partial charge in [-0.25, -0.2) is 14.6 Å². The largest absolute Gasteiger partial charge is 0.464 e. The number of hydrogen-bond donors (Lipinski definition) is 1. The number of nitrogens with zero attached hydrogens (tertiary/aromatic N) is 1. The van der Waals surface area contributed by atoms with E-state index in [2.05, 4.69) is 10.3 Å². The SMILES string of the molecule is COC(=O)c1nc([C@@H](NC(=O)OC(C)(C)C)C(C)C)sc1C(C)C. The molecule has 24 heavy (non-hydrogen) atoms. The Morgan fingerprint density at radius 1 is 1.17 bits per heavy atom. The summed E-state index contributed by atoms with van der Waals surface area (Å²) in [6.45, 7) is 13.4. The molecule has 1 atom stereocenters. The van der Waals surface area contributed by atoms with Crippen molar-refractivity contribution >= 4 is 23.4 Å². The smallest absolute Gasteiger partial charge is 0.408 e. The van der Waals surface area contributed by atoms with Crippen molar-refractivity contribution in [3.63, 3.8) is 0 Å². The molecule has 7 heteroatoms. The molecule has 0 aromatic carbocycles. The number of aromatic nitrogens is 1. The van der Waals surface area contributed by atoms with Gasteiger partial charge in [-0.15, -0.1) is 11.3 Å². The molecule has 0 spiro atoms. The first-order chi connectivity index (χ1) is 11.0. The van der Waals surface area contributed by atoms with Gasteiger partial charge in [0.2, 0.25) is 0 Å². The molecule has 1 rings (SSSR count). The number of rotatable bonds is 5. The molecule has 136 valence electrons. The lowest BCUT2D eigenvalue weighted by Crippen LogP contribution is -2.36.